The molecule has 110 valence electrons. The van der Waals surface area contributed by atoms with Crippen LogP contribution in [0.2, 0.25) is 0 Å². The molecule has 1 heterocycles. The Bertz CT molecular complexity index is 297. The molecule has 0 amide bonds. The number of hydrogen-bond donors (Lipinski definition) is 1. The molecule has 3 nitrogen and oxygen atoms in total. The minimum absolute atomic E-state index is 0.303. The van der Waals surface area contributed by atoms with Crippen LogP contribution in [0.15, 0.2) is 0 Å². The molecule has 3 fully saturated rings. The molecule has 0 spiro atoms. The van der Waals surface area contributed by atoms with E-state index in [0.29, 0.717) is 11.6 Å². The smallest absolute Gasteiger partial charge is 0.0358 e. The minimum atomic E-state index is 0.303. The summed E-state index contributed by atoms with van der Waals surface area (Å²) in [6.45, 7) is 7.08. The van der Waals surface area contributed by atoms with Gasteiger partial charge in [0, 0.05) is 31.2 Å². The fourth-order valence-electron chi connectivity index (χ4n) is 3.70. The summed E-state index contributed by atoms with van der Waals surface area (Å²) < 4.78 is 0. The molecular formula is C16H31N3. The summed E-state index contributed by atoms with van der Waals surface area (Å²) in [5.41, 5.74) is 6.58. The van der Waals surface area contributed by atoms with Crippen LogP contribution in [0.25, 0.3) is 0 Å². The van der Waals surface area contributed by atoms with Crippen LogP contribution < -0.4 is 5.73 Å². The topological polar surface area (TPSA) is 32.5 Å². The molecule has 0 aromatic carbocycles. The summed E-state index contributed by atoms with van der Waals surface area (Å²) in [7, 11) is 2.26. The highest BCUT2D eigenvalue weighted by Gasteiger charge is 2.44. The second-order valence-electron chi connectivity index (χ2n) is 7.50. The Kier molecular flexibility index (Phi) is 3.89. The van der Waals surface area contributed by atoms with E-state index in [4.69, 9.17) is 5.73 Å². The molecule has 3 rings (SSSR count). The lowest BCUT2D eigenvalue weighted by Gasteiger charge is -2.50. The van der Waals surface area contributed by atoms with E-state index in [9.17, 15) is 0 Å². The first-order valence-electron chi connectivity index (χ1n) is 8.28. The van der Waals surface area contributed by atoms with Gasteiger partial charge in [-0.25, -0.2) is 0 Å². The first-order valence-corrected chi connectivity index (χ1v) is 8.28. The van der Waals surface area contributed by atoms with Gasteiger partial charge in [-0.15, -0.1) is 0 Å². The van der Waals surface area contributed by atoms with Crippen molar-refractivity contribution in [3.8, 4) is 0 Å². The molecule has 1 aliphatic heterocycles. The zero-order valence-corrected chi connectivity index (χ0v) is 12.8. The van der Waals surface area contributed by atoms with E-state index in [0.717, 1.165) is 18.4 Å². The Morgan fingerprint density at radius 1 is 1.16 bits per heavy atom. The van der Waals surface area contributed by atoms with Gasteiger partial charge in [-0.1, -0.05) is 0 Å². The van der Waals surface area contributed by atoms with Crippen molar-refractivity contribution in [1.82, 2.24) is 9.80 Å². The zero-order chi connectivity index (χ0) is 13.5. The highest BCUT2D eigenvalue weighted by molar-refractivity contribution is 5.01. The number of nitrogens with zero attached hydrogens (tertiary/aromatic N) is 2. The molecule has 3 heteroatoms. The molecular weight excluding hydrogens is 234 g/mol. The van der Waals surface area contributed by atoms with Crippen molar-refractivity contribution in [3.63, 3.8) is 0 Å². The van der Waals surface area contributed by atoms with E-state index in [-0.39, 0.29) is 0 Å². The van der Waals surface area contributed by atoms with Gasteiger partial charge in [0.2, 0.25) is 0 Å². The second-order valence-corrected chi connectivity index (χ2v) is 7.50. The Morgan fingerprint density at radius 2 is 1.74 bits per heavy atom. The predicted molar refractivity (Wildman–Crippen MR) is 80.1 cm³/mol. The van der Waals surface area contributed by atoms with E-state index in [1.807, 2.05) is 0 Å². The third kappa shape index (κ3) is 3.14. The lowest BCUT2D eigenvalue weighted by molar-refractivity contribution is 0.00448. The zero-order valence-electron chi connectivity index (χ0n) is 12.8. The lowest BCUT2D eigenvalue weighted by atomic mass is 9.81. The van der Waals surface area contributed by atoms with Gasteiger partial charge in [0.05, 0.1) is 0 Å². The monoisotopic (exact) mass is 265 g/mol. The van der Waals surface area contributed by atoms with Gasteiger partial charge in [-0.3, -0.25) is 4.90 Å². The molecule has 2 N–H and O–H groups in total. The van der Waals surface area contributed by atoms with Gasteiger partial charge < -0.3 is 10.6 Å². The molecule has 3 aliphatic rings. The highest BCUT2D eigenvalue weighted by atomic mass is 15.3. The van der Waals surface area contributed by atoms with Crippen LogP contribution >= 0.6 is 0 Å². The van der Waals surface area contributed by atoms with Crippen LogP contribution in [0.1, 0.15) is 45.4 Å². The maximum Gasteiger partial charge on any atom is 0.0358 e. The third-order valence-electron chi connectivity index (χ3n) is 5.76. The maximum absolute atomic E-state index is 6.28. The van der Waals surface area contributed by atoms with Gasteiger partial charge in [-0.05, 0) is 70.9 Å². The van der Waals surface area contributed by atoms with Crippen molar-refractivity contribution < 1.29 is 0 Å². The van der Waals surface area contributed by atoms with E-state index < -0.39 is 0 Å². The van der Waals surface area contributed by atoms with Gasteiger partial charge in [0.15, 0.2) is 0 Å². The van der Waals surface area contributed by atoms with Gasteiger partial charge in [-0.2, -0.15) is 0 Å². The number of nitrogens with two attached hydrogens (primary N) is 1. The Morgan fingerprint density at radius 3 is 2.16 bits per heavy atom. The third-order valence-corrected chi connectivity index (χ3v) is 5.76. The van der Waals surface area contributed by atoms with Crippen LogP contribution in [0.4, 0.5) is 0 Å². The summed E-state index contributed by atoms with van der Waals surface area (Å²) in [6, 6.07) is 0.679. The molecule has 19 heavy (non-hydrogen) atoms. The SMILES string of the molecule is CC1CC(CN)(N(CC2CC2)CC2CC2)CCN1C. The van der Waals surface area contributed by atoms with Crippen molar-refractivity contribution >= 4 is 0 Å². The molecule has 0 aromatic heterocycles. The van der Waals surface area contributed by atoms with Crippen LogP contribution in [-0.2, 0) is 0 Å². The average molecular weight is 265 g/mol. The fraction of sp³-hybridized carbons (Fsp3) is 1.00. The molecule has 0 aromatic rings. The lowest BCUT2D eigenvalue weighted by Crippen LogP contribution is -2.61. The maximum atomic E-state index is 6.28. The van der Waals surface area contributed by atoms with Crippen LogP contribution in [0, 0.1) is 11.8 Å². The molecule has 0 bridgehead atoms. The van der Waals surface area contributed by atoms with Gasteiger partial charge in [0.1, 0.15) is 0 Å². The summed E-state index contributed by atoms with van der Waals surface area (Å²) in [5, 5.41) is 0. The molecule has 0 radical (unpaired) electrons. The van der Waals surface area contributed by atoms with Crippen molar-refractivity contribution in [2.24, 2.45) is 17.6 Å². The Hall–Kier alpha value is -0.120. The quantitative estimate of drug-likeness (QED) is 0.796. The van der Waals surface area contributed by atoms with Crippen LogP contribution in [-0.4, -0.2) is 54.6 Å². The normalized spacial score (nSPS) is 36.9. The predicted octanol–water partition coefficient (Wildman–Crippen LogP) is 1.92. The van der Waals surface area contributed by atoms with Crippen molar-refractivity contribution in [1.29, 1.82) is 0 Å². The van der Waals surface area contributed by atoms with E-state index in [1.54, 1.807) is 0 Å². The minimum Gasteiger partial charge on any atom is -0.329 e. The van der Waals surface area contributed by atoms with Crippen LogP contribution in [0.5, 0.6) is 0 Å². The summed E-state index contributed by atoms with van der Waals surface area (Å²) >= 11 is 0. The number of hydrogen-bond acceptors (Lipinski definition) is 3. The first kappa shape index (κ1) is 13.8. The fourth-order valence-corrected chi connectivity index (χ4v) is 3.70. The number of piperidine rings is 1. The molecule has 1 saturated heterocycles. The highest BCUT2D eigenvalue weighted by Crippen LogP contribution is 2.40. The van der Waals surface area contributed by atoms with E-state index in [2.05, 4.69) is 23.8 Å². The standard InChI is InChI=1S/C16H31N3/c1-13-9-16(12-17,7-8-18(13)2)19(10-14-3-4-14)11-15-5-6-15/h13-15H,3-12,17H2,1-2H3. The average Bonchev–Trinajstić information content (AvgIpc) is 3.27. The molecule has 2 atom stereocenters. The summed E-state index contributed by atoms with van der Waals surface area (Å²) in [5.74, 6) is 1.97. The van der Waals surface area contributed by atoms with Crippen molar-refractivity contribution in [2.45, 2.75) is 57.0 Å². The Balaban J connectivity index is 1.71. The largest absolute Gasteiger partial charge is 0.329 e. The number of rotatable bonds is 6. The second kappa shape index (κ2) is 5.34. The van der Waals surface area contributed by atoms with E-state index in [1.165, 1.54) is 58.2 Å². The van der Waals surface area contributed by atoms with Gasteiger partial charge in [0.25, 0.3) is 0 Å². The summed E-state index contributed by atoms with van der Waals surface area (Å²) in [6.07, 6.45) is 8.35. The summed E-state index contributed by atoms with van der Waals surface area (Å²) in [4.78, 5) is 5.33. The molecule has 2 saturated carbocycles. The first-order chi connectivity index (χ1) is 9.13. The van der Waals surface area contributed by atoms with Gasteiger partial charge >= 0.3 is 0 Å². The number of likely N-dealkylation sites (tertiary alicyclic amines) is 1. The molecule has 2 unspecified atom stereocenters. The van der Waals surface area contributed by atoms with Crippen molar-refractivity contribution in [3.05, 3.63) is 0 Å². The van der Waals surface area contributed by atoms with E-state index >= 15 is 0 Å². The van der Waals surface area contributed by atoms with Crippen molar-refractivity contribution in [2.75, 3.05) is 33.2 Å². The Labute approximate surface area is 118 Å². The van der Waals surface area contributed by atoms with Crippen LogP contribution in [0.3, 0.4) is 0 Å². The molecule has 2 aliphatic carbocycles.